The lowest BCUT2D eigenvalue weighted by molar-refractivity contribution is 0.0952. The maximum absolute atomic E-state index is 12.2. The lowest BCUT2D eigenvalue weighted by Gasteiger charge is -2.07. The summed E-state index contributed by atoms with van der Waals surface area (Å²) in [6, 6.07) is 15.1. The van der Waals surface area contributed by atoms with Crippen molar-refractivity contribution in [1.82, 2.24) is 10.4 Å². The van der Waals surface area contributed by atoms with Crippen LogP contribution >= 0.6 is 15.9 Å². The number of aromatic nitrogens is 1. The van der Waals surface area contributed by atoms with Crippen LogP contribution in [0.3, 0.4) is 0 Å². The minimum Gasteiger partial charge on any atom is -0.496 e. The summed E-state index contributed by atoms with van der Waals surface area (Å²) >= 11 is 3.34. The lowest BCUT2D eigenvalue weighted by atomic mass is 10.2. The molecule has 3 aromatic rings. The van der Waals surface area contributed by atoms with Crippen molar-refractivity contribution >= 4 is 39.0 Å². The highest BCUT2D eigenvalue weighted by Gasteiger charge is 2.11. The number of H-pyrrole nitrogens is 1. The van der Waals surface area contributed by atoms with Crippen molar-refractivity contribution in [1.29, 1.82) is 0 Å². The van der Waals surface area contributed by atoms with E-state index < -0.39 is 0 Å². The van der Waals surface area contributed by atoms with E-state index in [2.05, 4.69) is 31.4 Å². The van der Waals surface area contributed by atoms with E-state index in [9.17, 15) is 4.79 Å². The first-order valence-electron chi connectivity index (χ1n) is 6.92. The number of hydrogen-bond acceptors (Lipinski definition) is 3. The molecule has 0 aliphatic carbocycles. The van der Waals surface area contributed by atoms with Crippen LogP contribution in [0.4, 0.5) is 0 Å². The Kier molecular flexibility index (Phi) is 4.43. The fraction of sp³-hybridized carbons (Fsp3) is 0.0588. The van der Waals surface area contributed by atoms with Crippen LogP contribution in [-0.2, 0) is 0 Å². The topological polar surface area (TPSA) is 66.5 Å². The van der Waals surface area contributed by atoms with Gasteiger partial charge in [-0.1, -0.05) is 34.1 Å². The molecule has 0 aliphatic heterocycles. The molecule has 0 atom stereocenters. The number of carbonyl (C=O) groups is 1. The zero-order valence-electron chi connectivity index (χ0n) is 12.3. The maximum atomic E-state index is 12.2. The van der Waals surface area contributed by atoms with Gasteiger partial charge in [-0.2, -0.15) is 5.10 Å². The van der Waals surface area contributed by atoms with Gasteiger partial charge in [-0.15, -0.1) is 0 Å². The molecule has 116 valence electrons. The van der Waals surface area contributed by atoms with Crippen molar-refractivity contribution < 1.29 is 9.53 Å². The highest BCUT2D eigenvalue weighted by Crippen LogP contribution is 2.22. The lowest BCUT2D eigenvalue weighted by Crippen LogP contribution is -2.18. The molecule has 3 rings (SSSR count). The van der Waals surface area contributed by atoms with Crippen molar-refractivity contribution in [3.8, 4) is 5.75 Å². The van der Waals surface area contributed by atoms with Crippen molar-refractivity contribution in [2.45, 2.75) is 0 Å². The molecule has 0 saturated heterocycles. The summed E-state index contributed by atoms with van der Waals surface area (Å²) in [4.78, 5) is 15.4. The second-order valence-corrected chi connectivity index (χ2v) is 5.77. The van der Waals surface area contributed by atoms with Gasteiger partial charge >= 0.3 is 0 Å². The molecule has 2 aromatic carbocycles. The van der Waals surface area contributed by atoms with Crippen molar-refractivity contribution in [3.63, 3.8) is 0 Å². The fourth-order valence-electron chi connectivity index (χ4n) is 2.24. The third kappa shape index (κ3) is 3.43. The first-order valence-corrected chi connectivity index (χ1v) is 7.71. The summed E-state index contributed by atoms with van der Waals surface area (Å²) in [6.07, 6.45) is 1.57. The Bertz CT molecular complexity index is 853. The summed E-state index contributed by atoms with van der Waals surface area (Å²) in [7, 11) is 1.52. The number of hydrogen-bond donors (Lipinski definition) is 2. The Morgan fingerprint density at radius 2 is 2.09 bits per heavy atom. The molecule has 0 saturated carbocycles. The highest BCUT2D eigenvalue weighted by atomic mass is 79.9. The van der Waals surface area contributed by atoms with Gasteiger partial charge in [0.2, 0.25) is 0 Å². The van der Waals surface area contributed by atoms with E-state index in [0.717, 1.165) is 21.1 Å². The molecule has 1 heterocycles. The number of halogens is 1. The number of hydrazone groups is 1. The maximum Gasteiger partial charge on any atom is 0.275 e. The van der Waals surface area contributed by atoms with Gasteiger partial charge in [0.05, 0.1) is 24.6 Å². The molecular weight excluding hydrogens is 358 g/mol. The summed E-state index contributed by atoms with van der Waals surface area (Å²) in [5, 5.41) is 5.08. The smallest absolute Gasteiger partial charge is 0.275 e. The second-order valence-electron chi connectivity index (χ2n) is 4.86. The van der Waals surface area contributed by atoms with E-state index in [-0.39, 0.29) is 5.91 Å². The number of methoxy groups -OCH3 is 1. The number of para-hydroxylation sites is 1. The van der Waals surface area contributed by atoms with E-state index in [4.69, 9.17) is 4.74 Å². The van der Waals surface area contributed by atoms with Crippen molar-refractivity contribution in [2.75, 3.05) is 7.11 Å². The molecule has 0 bridgehead atoms. The van der Waals surface area contributed by atoms with Gasteiger partial charge in [-0.05, 0) is 30.3 Å². The Hall–Kier alpha value is -2.60. The molecule has 0 fully saturated rings. The molecular formula is C17H14BrN3O2. The van der Waals surface area contributed by atoms with Gasteiger partial charge < -0.3 is 9.72 Å². The number of amides is 1. The van der Waals surface area contributed by atoms with Crippen LogP contribution in [0.25, 0.3) is 10.9 Å². The van der Waals surface area contributed by atoms with Gasteiger partial charge in [0.1, 0.15) is 5.75 Å². The Labute approximate surface area is 141 Å². The monoisotopic (exact) mass is 371 g/mol. The summed E-state index contributed by atoms with van der Waals surface area (Å²) in [6.45, 7) is 0. The zero-order chi connectivity index (χ0) is 16.2. The molecule has 2 N–H and O–H groups in total. The predicted molar refractivity (Wildman–Crippen MR) is 94.1 cm³/mol. The normalized spacial score (nSPS) is 11.0. The molecule has 23 heavy (non-hydrogen) atoms. The number of nitrogens with one attached hydrogen (secondary N) is 2. The molecule has 0 spiro atoms. The average Bonchev–Trinajstić information content (AvgIpc) is 2.97. The first kappa shape index (κ1) is 15.3. The van der Waals surface area contributed by atoms with E-state index in [0.29, 0.717) is 11.3 Å². The fourth-order valence-corrected chi connectivity index (χ4v) is 2.60. The number of ether oxygens (including phenoxy) is 1. The predicted octanol–water partition coefficient (Wildman–Crippen LogP) is 3.70. The van der Waals surface area contributed by atoms with Crippen LogP contribution in [0, 0.1) is 0 Å². The SMILES string of the molecule is COc1ccc(Br)cc1C(=O)NN=Cc1cc2ccccc2[nH]1. The number of aromatic amines is 1. The van der Waals surface area contributed by atoms with Gasteiger partial charge in [-0.3, -0.25) is 4.79 Å². The van der Waals surface area contributed by atoms with Gasteiger partial charge in [-0.25, -0.2) is 5.43 Å². The first-order chi connectivity index (χ1) is 11.2. The van der Waals surface area contributed by atoms with Crippen LogP contribution in [0.2, 0.25) is 0 Å². The standard InChI is InChI=1S/C17H14BrN3O2/c1-23-16-7-6-12(18)9-14(16)17(22)21-19-10-13-8-11-4-2-3-5-15(11)20-13/h2-10,20H,1H3,(H,21,22). The van der Waals surface area contributed by atoms with E-state index >= 15 is 0 Å². The number of rotatable bonds is 4. The second kappa shape index (κ2) is 6.66. The largest absolute Gasteiger partial charge is 0.496 e. The average molecular weight is 372 g/mol. The van der Waals surface area contributed by atoms with Crippen LogP contribution in [0.15, 0.2) is 58.1 Å². The third-order valence-electron chi connectivity index (χ3n) is 3.33. The third-order valence-corrected chi connectivity index (χ3v) is 3.82. The van der Waals surface area contributed by atoms with E-state index in [1.165, 1.54) is 7.11 Å². The van der Waals surface area contributed by atoms with Crippen LogP contribution in [0.5, 0.6) is 5.75 Å². The van der Waals surface area contributed by atoms with Gasteiger partial charge in [0.15, 0.2) is 0 Å². The Morgan fingerprint density at radius 1 is 1.26 bits per heavy atom. The molecule has 1 amide bonds. The van der Waals surface area contributed by atoms with Crippen LogP contribution < -0.4 is 10.2 Å². The van der Waals surface area contributed by atoms with Crippen LogP contribution in [-0.4, -0.2) is 24.2 Å². The van der Waals surface area contributed by atoms with Gasteiger partial charge in [0, 0.05) is 15.4 Å². The Morgan fingerprint density at radius 3 is 2.87 bits per heavy atom. The number of carbonyl (C=O) groups excluding carboxylic acids is 1. The van der Waals surface area contributed by atoms with E-state index in [1.54, 1.807) is 18.3 Å². The minimum absolute atomic E-state index is 0.337. The molecule has 5 nitrogen and oxygen atoms in total. The number of benzene rings is 2. The molecule has 1 aromatic heterocycles. The molecule has 0 unspecified atom stereocenters. The number of fused-ring (bicyclic) bond motifs is 1. The van der Waals surface area contributed by atoms with Crippen molar-refractivity contribution in [2.24, 2.45) is 5.10 Å². The molecule has 6 heteroatoms. The van der Waals surface area contributed by atoms with Gasteiger partial charge in [0.25, 0.3) is 5.91 Å². The highest BCUT2D eigenvalue weighted by molar-refractivity contribution is 9.10. The summed E-state index contributed by atoms with van der Waals surface area (Å²) in [5.41, 5.74) is 4.75. The zero-order valence-corrected chi connectivity index (χ0v) is 13.9. The summed E-state index contributed by atoms with van der Waals surface area (Å²) < 4.78 is 5.98. The van der Waals surface area contributed by atoms with E-state index in [1.807, 2.05) is 36.4 Å². The minimum atomic E-state index is -0.337. The summed E-state index contributed by atoms with van der Waals surface area (Å²) in [5.74, 6) is 0.155. The molecule has 0 radical (unpaired) electrons. The Balaban J connectivity index is 1.74. The van der Waals surface area contributed by atoms with Crippen LogP contribution in [0.1, 0.15) is 16.1 Å². The molecule has 0 aliphatic rings. The quantitative estimate of drug-likeness (QED) is 0.542. The number of nitrogens with zero attached hydrogens (tertiary/aromatic N) is 1. The van der Waals surface area contributed by atoms with Crippen molar-refractivity contribution in [3.05, 3.63) is 64.3 Å².